The number of aryl methyl sites for hydroxylation is 2. The molecule has 1 atom stereocenters. The van der Waals surface area contributed by atoms with E-state index in [0.717, 1.165) is 30.6 Å². The zero-order chi connectivity index (χ0) is 19.5. The summed E-state index contributed by atoms with van der Waals surface area (Å²) < 4.78 is 5.26. The Morgan fingerprint density at radius 2 is 2.25 bits per heavy atom. The average Bonchev–Trinajstić information content (AvgIpc) is 3.40. The van der Waals surface area contributed by atoms with E-state index in [-0.39, 0.29) is 11.9 Å². The first-order valence-corrected chi connectivity index (χ1v) is 9.78. The molecule has 4 rings (SSSR count). The van der Waals surface area contributed by atoms with E-state index >= 15 is 0 Å². The van der Waals surface area contributed by atoms with Gasteiger partial charge in [0, 0.05) is 36.8 Å². The van der Waals surface area contributed by atoms with Gasteiger partial charge in [0.1, 0.15) is 0 Å². The number of furan rings is 1. The van der Waals surface area contributed by atoms with Crippen molar-refractivity contribution in [3.63, 3.8) is 0 Å². The Hall–Kier alpha value is -2.86. The lowest BCUT2D eigenvalue weighted by Gasteiger charge is -2.32. The van der Waals surface area contributed by atoms with Crippen molar-refractivity contribution in [2.75, 3.05) is 13.1 Å². The van der Waals surface area contributed by atoms with Gasteiger partial charge in [-0.25, -0.2) is 0 Å². The molecule has 3 aromatic rings. The number of benzene rings is 1. The highest BCUT2D eigenvalue weighted by Gasteiger charge is 2.25. The minimum absolute atomic E-state index is 0.0316. The van der Waals surface area contributed by atoms with Gasteiger partial charge in [0.15, 0.2) is 5.76 Å². The zero-order valence-corrected chi connectivity index (χ0v) is 16.4. The standard InChI is InChI=1S/C22H26N4O2/c1-15-7-8-16(2)19(11-15)21-17(13-24-25-21)12-23-18-5-3-9-26(14-18)22(27)20-6-4-10-28-20/h4,6-8,10-11,13,18,23H,3,5,9,12,14H2,1-2H3,(H,24,25). The maximum absolute atomic E-state index is 12.5. The Balaban J connectivity index is 1.42. The molecule has 2 N–H and O–H groups in total. The molecule has 0 bridgehead atoms. The molecule has 1 unspecified atom stereocenters. The summed E-state index contributed by atoms with van der Waals surface area (Å²) in [6.07, 6.45) is 5.47. The number of aromatic amines is 1. The summed E-state index contributed by atoms with van der Waals surface area (Å²) >= 11 is 0. The minimum atomic E-state index is -0.0316. The average molecular weight is 378 g/mol. The molecule has 1 aliphatic rings. The molecule has 6 nitrogen and oxygen atoms in total. The summed E-state index contributed by atoms with van der Waals surface area (Å²) in [6, 6.07) is 10.2. The lowest BCUT2D eigenvalue weighted by Crippen LogP contribution is -2.47. The van der Waals surface area contributed by atoms with Crippen LogP contribution in [0.5, 0.6) is 0 Å². The predicted molar refractivity (Wildman–Crippen MR) is 108 cm³/mol. The van der Waals surface area contributed by atoms with Crippen LogP contribution in [0.25, 0.3) is 11.3 Å². The Morgan fingerprint density at radius 3 is 3.07 bits per heavy atom. The monoisotopic (exact) mass is 378 g/mol. The second kappa shape index (κ2) is 8.02. The highest BCUT2D eigenvalue weighted by molar-refractivity contribution is 5.91. The van der Waals surface area contributed by atoms with E-state index in [1.807, 2.05) is 11.1 Å². The lowest BCUT2D eigenvalue weighted by atomic mass is 10.00. The number of likely N-dealkylation sites (tertiary alicyclic amines) is 1. The van der Waals surface area contributed by atoms with E-state index in [4.69, 9.17) is 4.42 Å². The van der Waals surface area contributed by atoms with Crippen molar-refractivity contribution in [2.45, 2.75) is 39.3 Å². The zero-order valence-electron chi connectivity index (χ0n) is 16.4. The summed E-state index contributed by atoms with van der Waals surface area (Å²) in [5, 5.41) is 11.0. The van der Waals surface area contributed by atoms with E-state index in [0.29, 0.717) is 18.8 Å². The molecule has 2 aromatic heterocycles. The third kappa shape index (κ3) is 3.87. The number of amides is 1. The first-order chi connectivity index (χ1) is 13.6. The van der Waals surface area contributed by atoms with Crippen LogP contribution >= 0.6 is 0 Å². The van der Waals surface area contributed by atoms with Crippen molar-refractivity contribution in [1.29, 1.82) is 0 Å². The highest BCUT2D eigenvalue weighted by atomic mass is 16.3. The van der Waals surface area contributed by atoms with E-state index < -0.39 is 0 Å². The predicted octanol–water partition coefficient (Wildman–Crippen LogP) is 3.68. The molecule has 146 valence electrons. The van der Waals surface area contributed by atoms with Crippen LogP contribution in [0.4, 0.5) is 0 Å². The van der Waals surface area contributed by atoms with Gasteiger partial charge in [-0.1, -0.05) is 17.7 Å². The van der Waals surface area contributed by atoms with Crippen LogP contribution in [0.2, 0.25) is 0 Å². The van der Waals surface area contributed by atoms with Crippen LogP contribution < -0.4 is 5.32 Å². The molecular weight excluding hydrogens is 352 g/mol. The van der Waals surface area contributed by atoms with E-state index in [1.165, 1.54) is 16.7 Å². The number of nitrogens with one attached hydrogen (secondary N) is 2. The van der Waals surface area contributed by atoms with Gasteiger partial charge < -0.3 is 14.6 Å². The maximum Gasteiger partial charge on any atom is 0.289 e. The Bertz CT molecular complexity index is 945. The molecule has 1 saturated heterocycles. The van der Waals surface area contributed by atoms with Crippen molar-refractivity contribution < 1.29 is 9.21 Å². The van der Waals surface area contributed by atoms with Gasteiger partial charge in [-0.3, -0.25) is 9.89 Å². The second-order valence-corrected chi connectivity index (χ2v) is 7.54. The molecule has 1 amide bonds. The summed E-state index contributed by atoms with van der Waals surface area (Å²) in [4.78, 5) is 14.4. The summed E-state index contributed by atoms with van der Waals surface area (Å²) in [5.41, 5.74) is 5.85. The van der Waals surface area contributed by atoms with Crippen LogP contribution in [0.15, 0.2) is 47.2 Å². The fraction of sp³-hybridized carbons (Fsp3) is 0.364. The number of carbonyl (C=O) groups excluding carboxylic acids is 1. The molecule has 28 heavy (non-hydrogen) atoms. The molecule has 1 aliphatic heterocycles. The van der Waals surface area contributed by atoms with Gasteiger partial charge in [-0.05, 0) is 50.5 Å². The third-order valence-corrected chi connectivity index (χ3v) is 5.40. The quantitative estimate of drug-likeness (QED) is 0.710. The first kappa shape index (κ1) is 18.5. The van der Waals surface area contributed by atoms with Crippen LogP contribution in [0.3, 0.4) is 0 Å². The van der Waals surface area contributed by atoms with Gasteiger partial charge in [0.25, 0.3) is 5.91 Å². The van der Waals surface area contributed by atoms with Crippen LogP contribution in [0.1, 0.15) is 40.1 Å². The van der Waals surface area contributed by atoms with E-state index in [2.05, 4.69) is 47.6 Å². The third-order valence-electron chi connectivity index (χ3n) is 5.40. The smallest absolute Gasteiger partial charge is 0.289 e. The van der Waals surface area contributed by atoms with Gasteiger partial charge in [0.2, 0.25) is 0 Å². The fourth-order valence-electron chi connectivity index (χ4n) is 3.82. The van der Waals surface area contributed by atoms with Crippen LogP contribution in [-0.4, -0.2) is 40.1 Å². The van der Waals surface area contributed by atoms with E-state index in [1.54, 1.807) is 18.4 Å². The molecule has 1 aromatic carbocycles. The Kier molecular flexibility index (Phi) is 5.30. The lowest BCUT2D eigenvalue weighted by molar-refractivity contribution is 0.0662. The minimum Gasteiger partial charge on any atom is -0.459 e. The number of nitrogens with zero attached hydrogens (tertiary/aromatic N) is 2. The fourth-order valence-corrected chi connectivity index (χ4v) is 3.82. The summed E-state index contributed by atoms with van der Waals surface area (Å²) in [7, 11) is 0. The molecule has 6 heteroatoms. The number of carbonyl (C=O) groups is 1. The van der Waals surface area contributed by atoms with Gasteiger partial charge >= 0.3 is 0 Å². The molecule has 0 radical (unpaired) electrons. The number of piperidine rings is 1. The first-order valence-electron chi connectivity index (χ1n) is 9.78. The van der Waals surface area contributed by atoms with Crippen LogP contribution in [-0.2, 0) is 6.54 Å². The van der Waals surface area contributed by atoms with Crippen molar-refractivity contribution >= 4 is 5.91 Å². The topological polar surface area (TPSA) is 74.2 Å². The molecule has 0 spiro atoms. The summed E-state index contributed by atoms with van der Waals surface area (Å²) in [6.45, 7) is 6.40. The molecule has 0 saturated carbocycles. The number of aromatic nitrogens is 2. The molecule has 3 heterocycles. The molecule has 1 fully saturated rings. The van der Waals surface area contributed by atoms with Gasteiger partial charge in [0.05, 0.1) is 18.2 Å². The number of rotatable bonds is 5. The van der Waals surface area contributed by atoms with Crippen molar-refractivity contribution in [3.05, 3.63) is 65.2 Å². The molecule has 0 aliphatic carbocycles. The van der Waals surface area contributed by atoms with Gasteiger partial charge in [-0.2, -0.15) is 5.10 Å². The van der Waals surface area contributed by atoms with Crippen molar-refractivity contribution in [3.8, 4) is 11.3 Å². The number of hydrogen-bond donors (Lipinski definition) is 2. The van der Waals surface area contributed by atoms with Crippen molar-refractivity contribution in [2.24, 2.45) is 0 Å². The van der Waals surface area contributed by atoms with Gasteiger partial charge in [-0.15, -0.1) is 0 Å². The highest BCUT2D eigenvalue weighted by Crippen LogP contribution is 2.26. The molecular formula is C22H26N4O2. The maximum atomic E-state index is 12.5. The van der Waals surface area contributed by atoms with Crippen molar-refractivity contribution in [1.82, 2.24) is 20.4 Å². The second-order valence-electron chi connectivity index (χ2n) is 7.54. The Morgan fingerprint density at radius 1 is 1.36 bits per heavy atom. The number of hydrogen-bond acceptors (Lipinski definition) is 4. The Labute approximate surface area is 164 Å². The van der Waals surface area contributed by atoms with Crippen LogP contribution in [0, 0.1) is 13.8 Å². The van der Waals surface area contributed by atoms with E-state index in [9.17, 15) is 4.79 Å². The normalized spacial score (nSPS) is 17.1. The summed E-state index contributed by atoms with van der Waals surface area (Å²) in [5.74, 6) is 0.378. The largest absolute Gasteiger partial charge is 0.459 e. The number of H-pyrrole nitrogens is 1. The SMILES string of the molecule is Cc1ccc(C)c(-c2[nH]ncc2CNC2CCCN(C(=O)c3ccco3)C2)c1.